The molecule has 2 aliphatic rings. The van der Waals surface area contributed by atoms with Gasteiger partial charge in [0.15, 0.2) is 5.76 Å². The highest BCUT2D eigenvalue weighted by atomic mass is 16.4. The van der Waals surface area contributed by atoms with Crippen molar-refractivity contribution in [1.82, 2.24) is 20.0 Å². The van der Waals surface area contributed by atoms with Crippen molar-refractivity contribution in [1.29, 1.82) is 0 Å². The van der Waals surface area contributed by atoms with Gasteiger partial charge in [-0.05, 0) is 44.4 Å². The summed E-state index contributed by atoms with van der Waals surface area (Å²) < 4.78 is 11.0. The molecule has 2 aromatic heterocycles. The van der Waals surface area contributed by atoms with E-state index >= 15 is 0 Å². The SMILES string of the molecule is CC(=O)N1CCC[C@H]1[C@@H]1CCCN1Cc1nnc(-c2ccco2)o1. The van der Waals surface area contributed by atoms with Crippen LogP contribution in [-0.4, -0.2) is 51.1 Å². The zero-order valence-electron chi connectivity index (χ0n) is 13.9. The zero-order valence-corrected chi connectivity index (χ0v) is 13.9. The van der Waals surface area contributed by atoms with Crippen molar-refractivity contribution in [2.75, 3.05) is 13.1 Å². The first-order chi connectivity index (χ1) is 11.7. The van der Waals surface area contributed by atoms with Gasteiger partial charge in [-0.25, -0.2) is 0 Å². The molecular formula is C17H22N4O3. The van der Waals surface area contributed by atoms with Crippen molar-refractivity contribution in [2.45, 2.75) is 51.2 Å². The van der Waals surface area contributed by atoms with E-state index in [0.717, 1.165) is 38.8 Å². The predicted molar refractivity (Wildman–Crippen MR) is 85.8 cm³/mol. The highest BCUT2D eigenvalue weighted by Gasteiger charge is 2.39. The molecule has 128 valence electrons. The fourth-order valence-electron chi connectivity index (χ4n) is 4.06. The third-order valence-corrected chi connectivity index (χ3v) is 5.10. The van der Waals surface area contributed by atoms with E-state index in [4.69, 9.17) is 8.83 Å². The van der Waals surface area contributed by atoms with E-state index in [-0.39, 0.29) is 5.91 Å². The Bertz CT molecular complexity index is 697. The lowest BCUT2D eigenvalue weighted by Gasteiger charge is -2.33. The number of carbonyl (C=O) groups is 1. The van der Waals surface area contributed by atoms with Crippen LogP contribution >= 0.6 is 0 Å². The monoisotopic (exact) mass is 330 g/mol. The minimum Gasteiger partial charge on any atom is -0.459 e. The Labute approximate surface area is 140 Å². The van der Waals surface area contributed by atoms with Crippen LogP contribution in [0, 0.1) is 0 Å². The molecule has 1 amide bonds. The van der Waals surface area contributed by atoms with Crippen LogP contribution in [0.15, 0.2) is 27.2 Å². The maximum absolute atomic E-state index is 11.9. The second kappa shape index (κ2) is 6.39. The number of rotatable bonds is 4. The molecule has 2 aromatic rings. The normalized spacial score (nSPS) is 24.8. The maximum atomic E-state index is 11.9. The lowest BCUT2D eigenvalue weighted by Crippen LogP contribution is -2.47. The highest BCUT2D eigenvalue weighted by molar-refractivity contribution is 5.74. The van der Waals surface area contributed by atoms with E-state index in [1.54, 1.807) is 25.3 Å². The third-order valence-electron chi connectivity index (χ3n) is 5.10. The number of carbonyl (C=O) groups excluding carboxylic acids is 1. The van der Waals surface area contributed by atoms with Gasteiger partial charge in [0, 0.05) is 25.6 Å². The molecule has 0 saturated carbocycles. The Morgan fingerprint density at radius 2 is 2.08 bits per heavy atom. The molecule has 0 unspecified atom stereocenters. The highest BCUT2D eigenvalue weighted by Crippen LogP contribution is 2.31. The summed E-state index contributed by atoms with van der Waals surface area (Å²) in [6, 6.07) is 4.30. The van der Waals surface area contributed by atoms with Gasteiger partial charge in [0.2, 0.25) is 11.8 Å². The molecule has 0 bridgehead atoms. The lowest BCUT2D eigenvalue weighted by atomic mass is 10.0. The van der Waals surface area contributed by atoms with Crippen LogP contribution in [0.2, 0.25) is 0 Å². The van der Waals surface area contributed by atoms with Crippen molar-refractivity contribution >= 4 is 5.91 Å². The molecule has 2 saturated heterocycles. The summed E-state index contributed by atoms with van der Waals surface area (Å²) in [5.41, 5.74) is 0. The molecular weight excluding hydrogens is 308 g/mol. The second-order valence-electron chi connectivity index (χ2n) is 6.58. The second-order valence-corrected chi connectivity index (χ2v) is 6.58. The van der Waals surface area contributed by atoms with Crippen molar-refractivity contribution < 1.29 is 13.6 Å². The van der Waals surface area contributed by atoms with Crippen LogP contribution in [0.5, 0.6) is 0 Å². The third kappa shape index (κ3) is 2.84. The number of furan rings is 1. The fraction of sp³-hybridized carbons (Fsp3) is 0.588. The minimum atomic E-state index is 0.183. The Hall–Kier alpha value is -2.15. The summed E-state index contributed by atoms with van der Waals surface area (Å²) in [6.07, 6.45) is 6.03. The molecule has 0 radical (unpaired) electrons. The molecule has 4 rings (SSSR count). The van der Waals surface area contributed by atoms with E-state index < -0.39 is 0 Å². The van der Waals surface area contributed by atoms with Crippen LogP contribution in [0.4, 0.5) is 0 Å². The van der Waals surface area contributed by atoms with Gasteiger partial charge < -0.3 is 13.7 Å². The fourth-order valence-corrected chi connectivity index (χ4v) is 4.06. The quantitative estimate of drug-likeness (QED) is 0.856. The molecule has 0 aliphatic carbocycles. The Morgan fingerprint density at radius 1 is 1.25 bits per heavy atom. The number of likely N-dealkylation sites (tertiary alicyclic amines) is 2. The molecule has 2 atom stereocenters. The first-order valence-electron chi connectivity index (χ1n) is 8.60. The molecule has 7 nitrogen and oxygen atoms in total. The first-order valence-corrected chi connectivity index (χ1v) is 8.60. The smallest absolute Gasteiger partial charge is 0.283 e. The largest absolute Gasteiger partial charge is 0.459 e. The summed E-state index contributed by atoms with van der Waals surface area (Å²) in [6.45, 7) is 4.19. The van der Waals surface area contributed by atoms with Crippen LogP contribution in [0.1, 0.15) is 38.5 Å². The van der Waals surface area contributed by atoms with E-state index in [9.17, 15) is 4.79 Å². The predicted octanol–water partition coefficient (Wildman–Crippen LogP) is 2.30. The van der Waals surface area contributed by atoms with E-state index in [0.29, 0.717) is 36.2 Å². The summed E-state index contributed by atoms with van der Waals surface area (Å²) in [5.74, 6) is 1.78. The van der Waals surface area contributed by atoms with Crippen LogP contribution in [-0.2, 0) is 11.3 Å². The molecule has 7 heteroatoms. The van der Waals surface area contributed by atoms with E-state index in [1.165, 1.54) is 0 Å². The lowest BCUT2D eigenvalue weighted by molar-refractivity contribution is -0.130. The van der Waals surface area contributed by atoms with Crippen molar-refractivity contribution in [3.05, 3.63) is 24.3 Å². The van der Waals surface area contributed by atoms with Crippen LogP contribution < -0.4 is 0 Å². The van der Waals surface area contributed by atoms with Gasteiger partial charge in [-0.3, -0.25) is 9.69 Å². The molecule has 4 heterocycles. The molecule has 24 heavy (non-hydrogen) atoms. The Balaban J connectivity index is 1.47. The summed E-state index contributed by atoms with van der Waals surface area (Å²) in [4.78, 5) is 16.3. The van der Waals surface area contributed by atoms with E-state index in [1.807, 2.05) is 4.90 Å². The number of nitrogens with zero attached hydrogens (tertiary/aromatic N) is 4. The number of amides is 1. The standard InChI is InChI=1S/C17H22N4O3/c1-12(22)21-9-3-6-14(21)13-5-2-8-20(13)11-16-18-19-17(24-16)15-7-4-10-23-15/h4,7,10,13-14H,2-3,5-6,8-9,11H2,1H3/t13-,14-/m0/s1. The topological polar surface area (TPSA) is 75.6 Å². The van der Waals surface area contributed by atoms with Gasteiger partial charge in [0.05, 0.1) is 12.8 Å². The number of aromatic nitrogens is 2. The zero-order chi connectivity index (χ0) is 16.5. The number of hydrogen-bond acceptors (Lipinski definition) is 6. The molecule has 2 aliphatic heterocycles. The van der Waals surface area contributed by atoms with Crippen LogP contribution in [0.3, 0.4) is 0 Å². The summed E-state index contributed by atoms with van der Waals surface area (Å²) in [7, 11) is 0. The molecule has 2 fully saturated rings. The Morgan fingerprint density at radius 3 is 2.88 bits per heavy atom. The minimum absolute atomic E-state index is 0.183. The van der Waals surface area contributed by atoms with Crippen molar-refractivity contribution in [3.63, 3.8) is 0 Å². The van der Waals surface area contributed by atoms with Gasteiger partial charge in [0.1, 0.15) is 0 Å². The number of hydrogen-bond donors (Lipinski definition) is 0. The maximum Gasteiger partial charge on any atom is 0.283 e. The Kier molecular flexibility index (Phi) is 4.10. The molecule has 0 N–H and O–H groups in total. The van der Waals surface area contributed by atoms with Crippen molar-refractivity contribution in [3.8, 4) is 11.7 Å². The summed E-state index contributed by atoms with van der Waals surface area (Å²) >= 11 is 0. The van der Waals surface area contributed by atoms with Crippen LogP contribution in [0.25, 0.3) is 11.7 Å². The average molecular weight is 330 g/mol. The summed E-state index contributed by atoms with van der Waals surface area (Å²) in [5, 5.41) is 8.22. The van der Waals surface area contributed by atoms with E-state index in [2.05, 4.69) is 15.1 Å². The van der Waals surface area contributed by atoms with Gasteiger partial charge in [-0.2, -0.15) is 0 Å². The van der Waals surface area contributed by atoms with Gasteiger partial charge >= 0.3 is 0 Å². The van der Waals surface area contributed by atoms with Gasteiger partial charge in [0.25, 0.3) is 5.89 Å². The van der Waals surface area contributed by atoms with Gasteiger partial charge in [-0.15, -0.1) is 10.2 Å². The first kappa shape index (κ1) is 15.4. The van der Waals surface area contributed by atoms with Gasteiger partial charge in [-0.1, -0.05) is 0 Å². The average Bonchev–Trinajstić information content (AvgIpc) is 3.35. The molecule has 0 spiro atoms. The van der Waals surface area contributed by atoms with Crippen molar-refractivity contribution in [2.24, 2.45) is 0 Å². The molecule has 0 aromatic carbocycles.